The number of carbonyl (C=O) groups is 1. The number of carbonyl (C=O) groups excluding carboxylic acids is 1. The van der Waals surface area contributed by atoms with Crippen molar-refractivity contribution in [1.82, 2.24) is 14.7 Å². The number of amides is 1. The molecule has 1 aromatic carbocycles. The highest BCUT2D eigenvalue weighted by atomic mass is 35.5. The molecule has 1 amide bonds. The van der Waals surface area contributed by atoms with E-state index in [0.717, 1.165) is 18.7 Å². The van der Waals surface area contributed by atoms with Crippen molar-refractivity contribution in [3.05, 3.63) is 51.8 Å². The molecular weight excluding hydrogens is 352 g/mol. The average Bonchev–Trinajstić information content (AvgIpc) is 2.66. The number of hydrogen-bond donors (Lipinski definition) is 0. The van der Waals surface area contributed by atoms with Crippen molar-refractivity contribution in [2.45, 2.75) is 26.2 Å². The molecule has 1 aromatic heterocycles. The van der Waals surface area contributed by atoms with Crippen molar-refractivity contribution < 1.29 is 4.79 Å². The fraction of sp³-hybridized carbons (Fsp3) is 0.421. The first-order valence-corrected chi connectivity index (χ1v) is 9.35. The molecule has 0 spiro atoms. The van der Waals surface area contributed by atoms with E-state index >= 15 is 0 Å². The molecule has 26 heavy (non-hydrogen) atoms. The van der Waals surface area contributed by atoms with Crippen molar-refractivity contribution in [2.24, 2.45) is 0 Å². The molecule has 1 aliphatic heterocycles. The van der Waals surface area contributed by atoms with Crippen molar-refractivity contribution in [2.75, 3.05) is 31.1 Å². The summed E-state index contributed by atoms with van der Waals surface area (Å²) < 4.78 is 1.36. The van der Waals surface area contributed by atoms with E-state index in [0.29, 0.717) is 43.3 Å². The highest BCUT2D eigenvalue weighted by Crippen LogP contribution is 2.16. The minimum absolute atomic E-state index is 0.204. The van der Waals surface area contributed by atoms with E-state index in [-0.39, 0.29) is 11.5 Å². The number of nitrogens with zero attached hydrogens (tertiary/aromatic N) is 4. The Balaban J connectivity index is 1.72. The van der Waals surface area contributed by atoms with Crippen LogP contribution in [0.25, 0.3) is 5.69 Å². The van der Waals surface area contributed by atoms with Crippen LogP contribution in [0.2, 0.25) is 5.02 Å². The minimum Gasteiger partial charge on any atom is -0.352 e. The van der Waals surface area contributed by atoms with Crippen LogP contribution in [-0.2, 0) is 4.79 Å². The van der Waals surface area contributed by atoms with Gasteiger partial charge in [-0.25, -0.2) is 0 Å². The molecule has 7 heteroatoms. The zero-order chi connectivity index (χ0) is 18.5. The fourth-order valence-electron chi connectivity index (χ4n) is 3.03. The molecular formula is C19H23ClN4O2. The van der Waals surface area contributed by atoms with Gasteiger partial charge in [-0.2, -0.15) is 4.68 Å². The van der Waals surface area contributed by atoms with Gasteiger partial charge in [0.05, 0.1) is 5.69 Å². The maximum Gasteiger partial charge on any atom is 0.271 e. The first-order chi connectivity index (χ1) is 12.6. The monoisotopic (exact) mass is 374 g/mol. The van der Waals surface area contributed by atoms with Gasteiger partial charge in [-0.15, -0.1) is 5.10 Å². The van der Waals surface area contributed by atoms with Crippen LogP contribution in [0.1, 0.15) is 26.2 Å². The largest absolute Gasteiger partial charge is 0.352 e. The molecule has 1 fully saturated rings. The summed E-state index contributed by atoms with van der Waals surface area (Å²) in [7, 11) is 0. The van der Waals surface area contributed by atoms with Gasteiger partial charge < -0.3 is 9.80 Å². The predicted molar refractivity (Wildman–Crippen MR) is 103 cm³/mol. The Morgan fingerprint density at radius 2 is 1.92 bits per heavy atom. The number of anilines is 1. The normalized spacial score (nSPS) is 14.5. The lowest BCUT2D eigenvalue weighted by Crippen LogP contribution is -2.49. The van der Waals surface area contributed by atoms with E-state index in [9.17, 15) is 9.59 Å². The van der Waals surface area contributed by atoms with Crippen LogP contribution >= 0.6 is 11.6 Å². The lowest BCUT2D eigenvalue weighted by Gasteiger charge is -2.35. The summed E-state index contributed by atoms with van der Waals surface area (Å²) in [4.78, 5) is 28.4. The maximum absolute atomic E-state index is 12.2. The number of benzene rings is 1. The molecule has 0 unspecified atom stereocenters. The summed E-state index contributed by atoms with van der Waals surface area (Å²) in [5, 5.41) is 5.05. The number of halogens is 1. The van der Waals surface area contributed by atoms with Crippen LogP contribution in [0.5, 0.6) is 0 Å². The Morgan fingerprint density at radius 1 is 1.15 bits per heavy atom. The van der Waals surface area contributed by atoms with E-state index in [1.807, 2.05) is 4.90 Å². The van der Waals surface area contributed by atoms with Crippen LogP contribution in [0, 0.1) is 0 Å². The van der Waals surface area contributed by atoms with Gasteiger partial charge in [0.2, 0.25) is 5.91 Å². The van der Waals surface area contributed by atoms with Gasteiger partial charge in [0.25, 0.3) is 5.56 Å². The fourth-order valence-corrected chi connectivity index (χ4v) is 3.22. The minimum atomic E-state index is -0.204. The third-order valence-corrected chi connectivity index (χ3v) is 4.77. The van der Waals surface area contributed by atoms with Crippen LogP contribution in [0.4, 0.5) is 5.82 Å². The Labute approximate surface area is 158 Å². The lowest BCUT2D eigenvalue weighted by molar-refractivity contribution is -0.131. The highest BCUT2D eigenvalue weighted by Gasteiger charge is 2.22. The number of hydrogen-bond acceptors (Lipinski definition) is 4. The van der Waals surface area contributed by atoms with E-state index in [1.165, 1.54) is 10.7 Å². The molecule has 2 heterocycles. The van der Waals surface area contributed by atoms with Crippen LogP contribution in [0.15, 0.2) is 41.2 Å². The molecule has 0 aliphatic carbocycles. The molecule has 3 rings (SSSR count). The second kappa shape index (κ2) is 8.36. The molecule has 1 saturated heterocycles. The third kappa shape index (κ3) is 4.25. The molecule has 2 aromatic rings. The Morgan fingerprint density at radius 3 is 2.62 bits per heavy atom. The first-order valence-electron chi connectivity index (χ1n) is 8.97. The zero-order valence-corrected chi connectivity index (χ0v) is 15.7. The van der Waals surface area contributed by atoms with E-state index < -0.39 is 0 Å². The summed E-state index contributed by atoms with van der Waals surface area (Å²) in [5.41, 5.74) is 0.433. The predicted octanol–water partition coefficient (Wildman–Crippen LogP) is 2.72. The van der Waals surface area contributed by atoms with Crippen LogP contribution in [0.3, 0.4) is 0 Å². The SMILES string of the molecule is CCCCC(=O)N1CCN(c2ccc(=O)n(-c3cccc(Cl)c3)n2)CC1. The number of piperazine rings is 1. The average molecular weight is 375 g/mol. The smallest absolute Gasteiger partial charge is 0.271 e. The summed E-state index contributed by atoms with van der Waals surface area (Å²) in [5.74, 6) is 0.952. The topological polar surface area (TPSA) is 58.4 Å². The molecule has 0 atom stereocenters. The number of rotatable bonds is 5. The molecule has 1 aliphatic rings. The molecule has 6 nitrogen and oxygen atoms in total. The van der Waals surface area contributed by atoms with E-state index in [4.69, 9.17) is 11.6 Å². The second-order valence-electron chi connectivity index (χ2n) is 6.39. The lowest BCUT2D eigenvalue weighted by atomic mass is 10.2. The van der Waals surface area contributed by atoms with Crippen molar-refractivity contribution >= 4 is 23.3 Å². The van der Waals surface area contributed by atoms with Crippen molar-refractivity contribution in [3.8, 4) is 5.69 Å². The number of unbranched alkanes of at least 4 members (excludes halogenated alkanes) is 1. The highest BCUT2D eigenvalue weighted by molar-refractivity contribution is 6.30. The van der Waals surface area contributed by atoms with Gasteiger partial charge in [-0.1, -0.05) is 31.0 Å². The quantitative estimate of drug-likeness (QED) is 0.807. The van der Waals surface area contributed by atoms with Gasteiger partial charge in [-0.3, -0.25) is 9.59 Å². The van der Waals surface area contributed by atoms with E-state index in [1.54, 1.807) is 30.3 Å². The Bertz CT molecular complexity index is 828. The molecule has 0 saturated carbocycles. The second-order valence-corrected chi connectivity index (χ2v) is 6.83. The van der Waals surface area contributed by atoms with Crippen molar-refractivity contribution in [1.29, 1.82) is 0 Å². The standard InChI is InChI=1S/C19H23ClN4O2/c1-2-3-7-18(25)23-12-10-22(11-13-23)17-8-9-19(26)24(21-17)16-6-4-5-15(20)14-16/h4-6,8-9,14H,2-3,7,10-13H2,1H3. The molecule has 0 N–H and O–H groups in total. The Hall–Kier alpha value is -2.34. The molecule has 0 radical (unpaired) electrons. The third-order valence-electron chi connectivity index (χ3n) is 4.54. The molecule has 0 bridgehead atoms. The zero-order valence-electron chi connectivity index (χ0n) is 14.9. The van der Waals surface area contributed by atoms with Gasteiger partial charge in [0.15, 0.2) is 0 Å². The Kier molecular flexibility index (Phi) is 5.93. The molecule has 138 valence electrons. The maximum atomic E-state index is 12.2. The first kappa shape index (κ1) is 18.5. The van der Waals surface area contributed by atoms with Gasteiger partial charge in [0.1, 0.15) is 5.82 Å². The summed E-state index contributed by atoms with van der Waals surface area (Å²) in [6, 6.07) is 10.3. The number of aromatic nitrogens is 2. The van der Waals surface area contributed by atoms with Gasteiger partial charge in [0, 0.05) is 43.7 Å². The van der Waals surface area contributed by atoms with E-state index in [2.05, 4.69) is 16.9 Å². The van der Waals surface area contributed by atoms with Crippen LogP contribution in [-0.4, -0.2) is 46.8 Å². The van der Waals surface area contributed by atoms with Crippen LogP contribution < -0.4 is 10.5 Å². The van der Waals surface area contributed by atoms with Crippen molar-refractivity contribution in [3.63, 3.8) is 0 Å². The summed E-state index contributed by atoms with van der Waals surface area (Å²) >= 11 is 6.03. The summed E-state index contributed by atoms with van der Waals surface area (Å²) in [6.07, 6.45) is 2.58. The van der Waals surface area contributed by atoms with Gasteiger partial charge >= 0.3 is 0 Å². The summed E-state index contributed by atoms with van der Waals surface area (Å²) in [6.45, 7) is 4.87. The van der Waals surface area contributed by atoms with Gasteiger partial charge in [-0.05, 0) is 30.7 Å².